The van der Waals surface area contributed by atoms with E-state index in [0.717, 1.165) is 17.1 Å². The van der Waals surface area contributed by atoms with E-state index in [1.807, 2.05) is 0 Å². The number of benzene rings is 10. The first-order valence-electron chi connectivity index (χ1n) is 21.3. The first-order chi connectivity index (χ1) is 30.0. The number of anilines is 3. The monoisotopic (exact) mass is 778 g/mol. The molecule has 1 aliphatic rings. The van der Waals surface area contributed by atoms with E-state index in [0.29, 0.717) is 0 Å². The van der Waals surface area contributed by atoms with E-state index in [2.05, 4.69) is 242 Å². The van der Waals surface area contributed by atoms with Gasteiger partial charge in [0.15, 0.2) is 0 Å². The van der Waals surface area contributed by atoms with Gasteiger partial charge in [0.25, 0.3) is 0 Å². The molecule has 0 N–H and O–H groups in total. The molecule has 0 saturated heterocycles. The minimum Gasteiger partial charge on any atom is -0.310 e. The van der Waals surface area contributed by atoms with Crippen LogP contribution in [0.3, 0.4) is 0 Å². The number of hydrogen-bond donors (Lipinski definition) is 0. The van der Waals surface area contributed by atoms with Crippen molar-refractivity contribution in [3.05, 3.63) is 230 Å². The van der Waals surface area contributed by atoms with Gasteiger partial charge in [0.05, 0.1) is 16.7 Å². The number of rotatable bonds is 6. The molecule has 0 spiro atoms. The van der Waals surface area contributed by atoms with Crippen molar-refractivity contribution in [1.82, 2.24) is 4.57 Å². The standard InChI is InChI=1S/C59H42N2/c1-59(2)53-26-14-13-25-49(53)50-34-33-46(38-54(50)59)60(44-21-7-4-8-22-44)45-31-28-39(29-32-45)42-30-35-56-52(36-42)57-51(41-16-5-3-6-17-41)37-43-19-10-12-24-48(43)58(57)61(56)55-27-15-20-40-18-9-11-23-47(40)55/h3-38H,1-2H3. The minimum absolute atomic E-state index is 0.0871. The Morgan fingerprint density at radius 1 is 0.377 bits per heavy atom. The van der Waals surface area contributed by atoms with Crippen LogP contribution in [0.4, 0.5) is 17.1 Å². The highest BCUT2D eigenvalue weighted by Gasteiger charge is 2.35. The van der Waals surface area contributed by atoms with Gasteiger partial charge in [0.1, 0.15) is 0 Å². The number of aromatic nitrogens is 1. The fourth-order valence-corrected chi connectivity index (χ4v) is 10.2. The summed E-state index contributed by atoms with van der Waals surface area (Å²) in [6.07, 6.45) is 0. The van der Waals surface area contributed by atoms with Crippen molar-refractivity contribution in [1.29, 1.82) is 0 Å². The van der Waals surface area contributed by atoms with Crippen LogP contribution in [0, 0.1) is 0 Å². The van der Waals surface area contributed by atoms with Crippen molar-refractivity contribution in [3.8, 4) is 39.1 Å². The molecule has 288 valence electrons. The van der Waals surface area contributed by atoms with Gasteiger partial charge in [0.2, 0.25) is 0 Å². The van der Waals surface area contributed by atoms with E-state index in [4.69, 9.17) is 0 Å². The summed E-state index contributed by atoms with van der Waals surface area (Å²) in [6, 6.07) is 80.4. The molecule has 0 aliphatic heterocycles. The van der Waals surface area contributed by atoms with Crippen LogP contribution in [0.5, 0.6) is 0 Å². The van der Waals surface area contributed by atoms with Crippen molar-refractivity contribution in [3.63, 3.8) is 0 Å². The first-order valence-corrected chi connectivity index (χ1v) is 21.3. The number of nitrogens with zero attached hydrogens (tertiary/aromatic N) is 2. The number of para-hydroxylation sites is 1. The Bertz CT molecular complexity index is 3480. The molecule has 0 atom stereocenters. The lowest BCUT2D eigenvalue weighted by molar-refractivity contribution is 0.660. The molecule has 0 fully saturated rings. The van der Waals surface area contributed by atoms with E-state index in [1.54, 1.807) is 0 Å². The predicted molar refractivity (Wildman–Crippen MR) is 259 cm³/mol. The Morgan fingerprint density at radius 2 is 1.00 bits per heavy atom. The van der Waals surface area contributed by atoms with Gasteiger partial charge < -0.3 is 9.47 Å². The topological polar surface area (TPSA) is 8.17 Å². The van der Waals surface area contributed by atoms with Crippen LogP contribution in [-0.2, 0) is 5.41 Å². The normalized spacial score (nSPS) is 12.9. The molecule has 0 radical (unpaired) electrons. The van der Waals surface area contributed by atoms with Crippen molar-refractivity contribution in [2.24, 2.45) is 0 Å². The summed E-state index contributed by atoms with van der Waals surface area (Å²) >= 11 is 0. The average Bonchev–Trinajstić information content (AvgIpc) is 3.78. The number of hydrogen-bond acceptors (Lipinski definition) is 1. The molecular weight excluding hydrogens is 737 g/mol. The largest absolute Gasteiger partial charge is 0.310 e. The van der Waals surface area contributed by atoms with Crippen LogP contribution in [0.25, 0.3) is 82.4 Å². The zero-order valence-corrected chi connectivity index (χ0v) is 34.2. The van der Waals surface area contributed by atoms with E-state index in [-0.39, 0.29) is 5.41 Å². The van der Waals surface area contributed by atoms with Crippen molar-refractivity contribution in [2.75, 3.05) is 4.90 Å². The van der Waals surface area contributed by atoms with E-state index < -0.39 is 0 Å². The molecule has 61 heavy (non-hydrogen) atoms. The third-order valence-electron chi connectivity index (χ3n) is 13.1. The summed E-state index contributed by atoms with van der Waals surface area (Å²) in [5, 5.41) is 7.44. The summed E-state index contributed by atoms with van der Waals surface area (Å²) in [4.78, 5) is 2.39. The zero-order chi connectivity index (χ0) is 40.7. The third kappa shape index (κ3) is 5.49. The van der Waals surface area contributed by atoms with Crippen LogP contribution in [-0.4, -0.2) is 4.57 Å². The molecule has 0 bridgehead atoms. The van der Waals surface area contributed by atoms with Crippen molar-refractivity contribution >= 4 is 60.4 Å². The predicted octanol–water partition coefficient (Wildman–Crippen LogP) is 16.2. The number of fused-ring (bicyclic) bond motifs is 9. The second-order valence-electron chi connectivity index (χ2n) is 16.9. The van der Waals surface area contributed by atoms with Gasteiger partial charge in [-0.3, -0.25) is 0 Å². The van der Waals surface area contributed by atoms with Gasteiger partial charge in [-0.05, 0) is 116 Å². The Kier molecular flexibility index (Phi) is 7.92. The molecule has 0 unspecified atom stereocenters. The smallest absolute Gasteiger partial charge is 0.0625 e. The maximum atomic E-state index is 2.52. The highest BCUT2D eigenvalue weighted by molar-refractivity contribution is 6.25. The zero-order valence-electron chi connectivity index (χ0n) is 34.2. The second kappa shape index (κ2) is 13.7. The lowest BCUT2D eigenvalue weighted by Gasteiger charge is -2.28. The van der Waals surface area contributed by atoms with E-state index in [1.165, 1.54) is 93.5 Å². The summed E-state index contributed by atoms with van der Waals surface area (Å²) in [7, 11) is 0. The molecule has 1 aromatic heterocycles. The Labute approximate surface area is 356 Å². The Balaban J connectivity index is 1.04. The van der Waals surface area contributed by atoms with E-state index in [9.17, 15) is 0 Å². The van der Waals surface area contributed by atoms with Crippen LogP contribution >= 0.6 is 0 Å². The average molecular weight is 779 g/mol. The van der Waals surface area contributed by atoms with Crippen molar-refractivity contribution < 1.29 is 0 Å². The van der Waals surface area contributed by atoms with Gasteiger partial charge >= 0.3 is 0 Å². The van der Waals surface area contributed by atoms with Gasteiger partial charge in [-0.1, -0.05) is 172 Å². The Morgan fingerprint density at radius 3 is 1.82 bits per heavy atom. The molecular formula is C59H42N2. The van der Waals surface area contributed by atoms with Gasteiger partial charge in [-0.15, -0.1) is 0 Å². The van der Waals surface area contributed by atoms with Crippen LogP contribution < -0.4 is 4.90 Å². The molecule has 0 saturated carbocycles. The first kappa shape index (κ1) is 35.3. The maximum absolute atomic E-state index is 2.52. The van der Waals surface area contributed by atoms with Crippen LogP contribution in [0.1, 0.15) is 25.0 Å². The summed E-state index contributed by atoms with van der Waals surface area (Å²) in [5.41, 5.74) is 17.2. The molecule has 10 aromatic carbocycles. The molecule has 2 nitrogen and oxygen atoms in total. The quantitative estimate of drug-likeness (QED) is 0.163. The fourth-order valence-electron chi connectivity index (χ4n) is 10.2. The highest BCUT2D eigenvalue weighted by Crippen LogP contribution is 2.51. The van der Waals surface area contributed by atoms with Crippen LogP contribution in [0.2, 0.25) is 0 Å². The van der Waals surface area contributed by atoms with Gasteiger partial charge in [0, 0.05) is 44.0 Å². The maximum Gasteiger partial charge on any atom is 0.0625 e. The second-order valence-corrected chi connectivity index (χ2v) is 16.9. The summed E-state index contributed by atoms with van der Waals surface area (Å²) in [6.45, 7) is 4.70. The molecule has 12 rings (SSSR count). The van der Waals surface area contributed by atoms with E-state index >= 15 is 0 Å². The SMILES string of the molecule is CC1(C)c2ccccc2-c2ccc(N(c3ccccc3)c3ccc(-c4ccc5c(c4)c4c(-c6ccccc6)cc6ccccc6c4n5-c4cccc5ccccc45)cc3)cc21. The fraction of sp³-hybridized carbons (Fsp3) is 0.0508. The molecule has 1 heterocycles. The molecule has 0 amide bonds. The lowest BCUT2D eigenvalue weighted by Crippen LogP contribution is -2.16. The van der Waals surface area contributed by atoms with Crippen LogP contribution in [0.15, 0.2) is 218 Å². The third-order valence-corrected chi connectivity index (χ3v) is 13.1. The molecule has 11 aromatic rings. The lowest BCUT2D eigenvalue weighted by atomic mass is 9.82. The molecule has 1 aliphatic carbocycles. The summed E-state index contributed by atoms with van der Waals surface area (Å²) in [5.74, 6) is 0. The van der Waals surface area contributed by atoms with Crippen molar-refractivity contribution in [2.45, 2.75) is 19.3 Å². The minimum atomic E-state index is -0.0871. The Hall–Kier alpha value is -7.68. The van der Waals surface area contributed by atoms with Gasteiger partial charge in [-0.2, -0.15) is 0 Å². The summed E-state index contributed by atoms with van der Waals surface area (Å²) < 4.78 is 2.52. The van der Waals surface area contributed by atoms with Gasteiger partial charge in [-0.25, -0.2) is 0 Å². The highest BCUT2D eigenvalue weighted by atomic mass is 15.1. The molecule has 2 heteroatoms.